The number of rotatable bonds is 7. The van der Waals surface area contributed by atoms with Crippen molar-refractivity contribution in [3.8, 4) is 5.75 Å². The van der Waals surface area contributed by atoms with Crippen LogP contribution >= 0.6 is 12.4 Å². The van der Waals surface area contributed by atoms with Gasteiger partial charge in [-0.1, -0.05) is 24.8 Å². The average molecular weight is 636 g/mol. The van der Waals surface area contributed by atoms with E-state index in [4.69, 9.17) is 15.2 Å². The van der Waals surface area contributed by atoms with Crippen molar-refractivity contribution in [1.29, 1.82) is 0 Å². The van der Waals surface area contributed by atoms with Crippen LogP contribution in [-0.4, -0.2) is 61.7 Å². The Morgan fingerprint density at radius 3 is 2.80 bits per heavy atom. The Balaban J connectivity index is 0.000000275. The van der Waals surface area contributed by atoms with Crippen LogP contribution in [0.25, 0.3) is 5.78 Å². The number of hydrogen-bond donors (Lipinski definition) is 4. The van der Waals surface area contributed by atoms with E-state index in [1.165, 1.54) is 23.0 Å². The molecule has 6 rings (SSSR count). The minimum Gasteiger partial charge on any atom is -0.482 e. The number of ether oxygens (including phenoxy) is 2. The molecule has 14 nitrogen and oxygen atoms in total. The lowest BCUT2D eigenvalue weighted by Crippen LogP contribution is -2.29. The molecule has 0 bridgehead atoms. The quantitative estimate of drug-likeness (QED) is 0.172. The van der Waals surface area contributed by atoms with Gasteiger partial charge in [0.25, 0.3) is 17.6 Å². The molecule has 45 heavy (non-hydrogen) atoms. The van der Waals surface area contributed by atoms with Crippen LogP contribution < -0.4 is 21.1 Å². The zero-order valence-electron chi connectivity index (χ0n) is 24.1. The molecule has 1 aliphatic heterocycles. The van der Waals surface area contributed by atoms with Gasteiger partial charge in [-0.25, -0.2) is 14.6 Å². The van der Waals surface area contributed by atoms with E-state index in [0.717, 1.165) is 22.3 Å². The number of nitrogens with zero attached hydrogens (tertiary/aromatic N) is 4. The number of carbonyl (C=O) groups is 4. The number of hydrogen-bond acceptors (Lipinski definition) is 10. The van der Waals surface area contributed by atoms with Crippen molar-refractivity contribution in [1.82, 2.24) is 24.9 Å². The molecule has 2 aliphatic rings. The summed E-state index contributed by atoms with van der Waals surface area (Å²) in [6, 6.07) is 9.90. The maximum absolute atomic E-state index is 13.0. The molecule has 5 N–H and O–H groups in total. The number of aromatic carboxylic acids is 1. The predicted molar refractivity (Wildman–Crippen MR) is 164 cm³/mol. The van der Waals surface area contributed by atoms with Crippen LogP contribution in [0.2, 0.25) is 0 Å². The first-order valence-electron chi connectivity index (χ1n) is 13.6. The summed E-state index contributed by atoms with van der Waals surface area (Å²) in [7, 11) is 0. The van der Waals surface area contributed by atoms with E-state index in [1.807, 2.05) is 31.2 Å². The monoisotopic (exact) mass is 635 g/mol. The number of nitrogens with one attached hydrogen (secondary N) is 2. The summed E-state index contributed by atoms with van der Waals surface area (Å²) < 4.78 is 11.5. The Morgan fingerprint density at radius 2 is 2.07 bits per heavy atom. The lowest BCUT2D eigenvalue weighted by atomic mass is 9.98. The summed E-state index contributed by atoms with van der Waals surface area (Å²) in [6.45, 7) is 6.08. The first-order valence-corrected chi connectivity index (χ1v) is 13.6. The van der Waals surface area contributed by atoms with Crippen LogP contribution in [0.15, 0.2) is 55.4 Å². The number of nitrogens with two attached hydrogens (primary N) is 1. The van der Waals surface area contributed by atoms with Gasteiger partial charge in [0.05, 0.1) is 17.3 Å². The molecule has 2 aromatic heterocycles. The molecule has 0 radical (unpaired) electrons. The summed E-state index contributed by atoms with van der Waals surface area (Å²) >= 11 is 0. The van der Waals surface area contributed by atoms with E-state index in [1.54, 1.807) is 6.07 Å². The fraction of sp³-hybridized carbons (Fsp3) is 0.233. The molecule has 0 fully saturated rings. The van der Waals surface area contributed by atoms with Gasteiger partial charge in [-0.3, -0.25) is 9.59 Å². The molecule has 0 unspecified atom stereocenters. The van der Waals surface area contributed by atoms with Gasteiger partial charge < -0.3 is 30.9 Å². The smallest absolute Gasteiger partial charge is 0.354 e. The topological polar surface area (TPSA) is 200 Å². The number of amides is 2. The van der Waals surface area contributed by atoms with E-state index in [0.29, 0.717) is 36.4 Å². The van der Waals surface area contributed by atoms with Gasteiger partial charge in [-0.05, 0) is 60.2 Å². The van der Waals surface area contributed by atoms with E-state index in [2.05, 4.69) is 32.3 Å². The molecule has 1 atom stereocenters. The number of benzene rings is 2. The van der Waals surface area contributed by atoms with Crippen LogP contribution in [0.3, 0.4) is 0 Å². The molecular weight excluding hydrogens is 606 g/mol. The molecule has 4 aromatic rings. The van der Waals surface area contributed by atoms with Gasteiger partial charge in [0.15, 0.2) is 12.3 Å². The van der Waals surface area contributed by atoms with Crippen molar-refractivity contribution in [2.45, 2.75) is 32.4 Å². The minimum absolute atomic E-state index is 0. The van der Waals surface area contributed by atoms with Crippen LogP contribution in [-0.2, 0) is 22.5 Å². The van der Waals surface area contributed by atoms with Gasteiger partial charge in [-0.2, -0.15) is 14.6 Å². The minimum atomic E-state index is -1.27. The number of esters is 1. The van der Waals surface area contributed by atoms with Gasteiger partial charge >= 0.3 is 11.9 Å². The van der Waals surface area contributed by atoms with Crippen molar-refractivity contribution in [2.24, 2.45) is 5.73 Å². The number of fused-ring (bicyclic) bond motifs is 3. The van der Waals surface area contributed by atoms with E-state index in [-0.39, 0.29) is 54.7 Å². The highest BCUT2D eigenvalue weighted by molar-refractivity contribution is 5.97. The van der Waals surface area contributed by atoms with Gasteiger partial charge in [0, 0.05) is 12.6 Å². The molecule has 0 saturated carbocycles. The summed E-state index contributed by atoms with van der Waals surface area (Å²) in [5.41, 5.74) is 10.1. The van der Waals surface area contributed by atoms with Crippen molar-refractivity contribution < 1.29 is 33.8 Å². The van der Waals surface area contributed by atoms with Crippen LogP contribution in [0, 0.1) is 6.92 Å². The first kappa shape index (κ1) is 32.6. The molecular formula is C30H30ClN7O7. The predicted octanol–water partition coefficient (Wildman–Crippen LogP) is 2.79. The van der Waals surface area contributed by atoms with Crippen molar-refractivity contribution in [3.63, 3.8) is 0 Å². The largest absolute Gasteiger partial charge is 0.482 e. The number of halogens is 1. The number of carboxylic acid groups (broad SMARTS) is 1. The molecule has 15 heteroatoms. The standard InChI is InChI=1S/C21H19N5O5.C9H10N2O2.ClH/c1-3-8-31-20(30)13-4-5-14-12(11(13)2)6-7-15(14)24-18(27)17-9-16(19(28)29)25-21-22-10-23-26(17)21;10-4-6-1-2-8-7(3-6)11-9(12)5-13-8;/h3-5,9-10,15H,1,6-8H2,2H3,(H,24,27)(H,28,29);1-3H,4-5,10H2,(H,11,12);1H/t15-;;/m0../s1. The molecule has 2 aromatic carbocycles. The highest BCUT2D eigenvalue weighted by atomic mass is 35.5. The normalized spacial score (nSPS) is 14.4. The molecule has 3 heterocycles. The Bertz CT molecular complexity index is 1810. The lowest BCUT2D eigenvalue weighted by molar-refractivity contribution is -0.118. The van der Waals surface area contributed by atoms with Crippen molar-refractivity contribution in [3.05, 3.63) is 94.6 Å². The van der Waals surface area contributed by atoms with Gasteiger partial charge in [-0.15, -0.1) is 12.4 Å². The highest BCUT2D eigenvalue weighted by Crippen LogP contribution is 2.35. The maximum atomic E-state index is 13.0. The van der Waals surface area contributed by atoms with E-state index < -0.39 is 17.8 Å². The number of carbonyl (C=O) groups excluding carboxylic acids is 3. The maximum Gasteiger partial charge on any atom is 0.354 e. The summed E-state index contributed by atoms with van der Waals surface area (Å²) in [5, 5.41) is 18.9. The highest BCUT2D eigenvalue weighted by Gasteiger charge is 2.29. The van der Waals surface area contributed by atoms with E-state index >= 15 is 0 Å². The number of anilines is 1. The molecule has 2 amide bonds. The van der Waals surface area contributed by atoms with Gasteiger partial charge in [0.1, 0.15) is 24.4 Å². The Hall–Kier alpha value is -5.34. The second-order valence-corrected chi connectivity index (χ2v) is 9.93. The van der Waals surface area contributed by atoms with Gasteiger partial charge in [0.2, 0.25) is 0 Å². The zero-order chi connectivity index (χ0) is 31.4. The fourth-order valence-electron chi connectivity index (χ4n) is 5.04. The second kappa shape index (κ2) is 14.0. The van der Waals surface area contributed by atoms with E-state index in [9.17, 15) is 24.3 Å². The average Bonchev–Trinajstić information content (AvgIpc) is 3.67. The summed E-state index contributed by atoms with van der Waals surface area (Å²) in [6.07, 6.45) is 4.04. The molecule has 0 spiro atoms. The third kappa shape index (κ3) is 6.92. The number of carboxylic acids is 1. The van der Waals surface area contributed by atoms with Crippen LogP contribution in [0.4, 0.5) is 5.69 Å². The summed E-state index contributed by atoms with van der Waals surface area (Å²) in [5.74, 6) is -1.57. The fourth-order valence-corrected chi connectivity index (χ4v) is 5.04. The third-order valence-electron chi connectivity index (χ3n) is 7.17. The lowest BCUT2D eigenvalue weighted by Gasteiger charge is -2.18. The van der Waals surface area contributed by atoms with Crippen molar-refractivity contribution in [2.75, 3.05) is 18.5 Å². The van der Waals surface area contributed by atoms with Crippen LogP contribution in [0.1, 0.15) is 66.1 Å². The summed E-state index contributed by atoms with van der Waals surface area (Å²) in [4.78, 5) is 55.3. The van der Waals surface area contributed by atoms with Crippen molar-refractivity contribution >= 4 is 47.6 Å². The first-order chi connectivity index (χ1) is 21.2. The number of aromatic nitrogens is 4. The molecule has 234 valence electrons. The molecule has 0 saturated heterocycles. The Labute approximate surface area is 263 Å². The third-order valence-corrected chi connectivity index (χ3v) is 7.17. The zero-order valence-corrected chi connectivity index (χ0v) is 24.9. The second-order valence-electron chi connectivity index (χ2n) is 9.93. The van der Waals surface area contributed by atoms with Crippen LogP contribution in [0.5, 0.6) is 5.75 Å². The SMILES string of the molecule is C=CCOC(=O)c1ccc2c(c1C)CC[C@@H]2NC(=O)c1cc(C(=O)O)nc2ncnn12.Cl.NCc1ccc2c(c1)NC(=O)CO2. The Morgan fingerprint density at radius 1 is 1.27 bits per heavy atom. The molecule has 1 aliphatic carbocycles. The Kier molecular flexibility index (Phi) is 10.1.